The van der Waals surface area contributed by atoms with Crippen LogP contribution in [0.25, 0.3) is 0 Å². The fourth-order valence-electron chi connectivity index (χ4n) is 1.24. The molecule has 0 radical (unpaired) electrons. The Morgan fingerprint density at radius 1 is 1.56 bits per heavy atom. The van der Waals surface area contributed by atoms with Crippen LogP contribution in [0.15, 0.2) is 24.3 Å². The van der Waals surface area contributed by atoms with Gasteiger partial charge in [-0.05, 0) is 17.7 Å². The molecule has 2 N–H and O–H groups in total. The van der Waals surface area contributed by atoms with Crippen molar-refractivity contribution in [2.24, 2.45) is 0 Å². The van der Waals surface area contributed by atoms with E-state index in [4.69, 9.17) is 5.11 Å². The van der Waals surface area contributed by atoms with Crippen molar-refractivity contribution in [1.82, 2.24) is 5.32 Å². The molecule has 0 saturated heterocycles. The third-order valence-electron chi connectivity index (χ3n) is 2.21. The fourth-order valence-corrected chi connectivity index (χ4v) is 2.00. The van der Waals surface area contributed by atoms with Crippen LogP contribution < -0.4 is 5.32 Å². The van der Waals surface area contributed by atoms with Gasteiger partial charge in [-0.25, -0.2) is 0 Å². The number of rotatable bonds is 5. The molecule has 0 fully saturated rings. The van der Waals surface area contributed by atoms with E-state index in [2.05, 4.69) is 5.32 Å². The number of hydrogen-bond donors (Lipinski definition) is 2. The second-order valence-corrected chi connectivity index (χ2v) is 5.01. The Balaban J connectivity index is 2.64. The molecule has 0 saturated carbocycles. The van der Waals surface area contributed by atoms with Gasteiger partial charge < -0.3 is 10.4 Å². The molecule has 16 heavy (non-hydrogen) atoms. The molecule has 1 aromatic rings. The standard InChI is InChI=1S/C12H17NO2S/c1-9(7-14)16-8-10-4-3-5-11(6-10)12(15)13-2/h3-6,9,14H,7-8H2,1-2H3,(H,13,15). The summed E-state index contributed by atoms with van der Waals surface area (Å²) < 4.78 is 0. The van der Waals surface area contributed by atoms with E-state index in [1.54, 1.807) is 24.9 Å². The van der Waals surface area contributed by atoms with E-state index < -0.39 is 0 Å². The van der Waals surface area contributed by atoms with E-state index in [9.17, 15) is 4.79 Å². The van der Waals surface area contributed by atoms with Crippen molar-refractivity contribution in [3.8, 4) is 0 Å². The van der Waals surface area contributed by atoms with Crippen LogP contribution in [0.1, 0.15) is 22.8 Å². The lowest BCUT2D eigenvalue weighted by atomic mass is 10.1. The molecule has 0 spiro atoms. The minimum atomic E-state index is -0.0675. The van der Waals surface area contributed by atoms with Crippen molar-refractivity contribution in [2.45, 2.75) is 17.9 Å². The zero-order valence-electron chi connectivity index (χ0n) is 9.56. The topological polar surface area (TPSA) is 49.3 Å². The summed E-state index contributed by atoms with van der Waals surface area (Å²) in [6.07, 6.45) is 0. The van der Waals surface area contributed by atoms with E-state index in [-0.39, 0.29) is 17.8 Å². The quantitative estimate of drug-likeness (QED) is 0.821. The first-order valence-corrected chi connectivity index (χ1v) is 6.25. The van der Waals surface area contributed by atoms with Crippen LogP contribution in [0.2, 0.25) is 0 Å². The summed E-state index contributed by atoms with van der Waals surface area (Å²) in [5.74, 6) is 0.745. The number of aliphatic hydroxyl groups excluding tert-OH is 1. The van der Waals surface area contributed by atoms with Gasteiger partial charge in [-0.2, -0.15) is 11.8 Å². The van der Waals surface area contributed by atoms with Crippen molar-refractivity contribution >= 4 is 17.7 Å². The monoisotopic (exact) mass is 239 g/mol. The molecule has 1 atom stereocenters. The van der Waals surface area contributed by atoms with Crippen LogP contribution >= 0.6 is 11.8 Å². The molecular weight excluding hydrogens is 222 g/mol. The smallest absolute Gasteiger partial charge is 0.251 e. The number of hydrogen-bond acceptors (Lipinski definition) is 3. The number of benzene rings is 1. The average Bonchev–Trinajstić information content (AvgIpc) is 2.35. The van der Waals surface area contributed by atoms with Crippen molar-refractivity contribution in [2.75, 3.05) is 13.7 Å². The molecule has 4 heteroatoms. The summed E-state index contributed by atoms with van der Waals surface area (Å²) in [5.41, 5.74) is 1.78. The first kappa shape index (κ1) is 13.1. The van der Waals surface area contributed by atoms with E-state index in [1.807, 2.05) is 25.1 Å². The Morgan fingerprint density at radius 3 is 2.94 bits per heavy atom. The van der Waals surface area contributed by atoms with E-state index in [0.717, 1.165) is 11.3 Å². The summed E-state index contributed by atoms with van der Waals surface area (Å²) in [5, 5.41) is 11.7. The minimum Gasteiger partial charge on any atom is -0.395 e. The number of nitrogens with one attached hydrogen (secondary N) is 1. The van der Waals surface area contributed by atoms with Gasteiger partial charge in [0.2, 0.25) is 0 Å². The molecule has 3 nitrogen and oxygen atoms in total. The lowest BCUT2D eigenvalue weighted by molar-refractivity contribution is 0.0963. The zero-order valence-corrected chi connectivity index (χ0v) is 10.4. The highest BCUT2D eigenvalue weighted by molar-refractivity contribution is 7.99. The lowest BCUT2D eigenvalue weighted by Gasteiger charge is -2.08. The van der Waals surface area contributed by atoms with Crippen molar-refractivity contribution in [3.05, 3.63) is 35.4 Å². The maximum atomic E-state index is 11.4. The number of carbonyl (C=O) groups is 1. The minimum absolute atomic E-state index is 0.0675. The average molecular weight is 239 g/mol. The molecule has 0 aromatic heterocycles. The second-order valence-electron chi connectivity index (χ2n) is 3.58. The Kier molecular flexibility index (Phi) is 5.35. The molecule has 0 aliphatic rings. The van der Waals surface area contributed by atoms with Crippen molar-refractivity contribution in [1.29, 1.82) is 0 Å². The predicted molar refractivity (Wildman–Crippen MR) is 67.7 cm³/mol. The Labute approximate surface area is 100 Å². The normalized spacial score (nSPS) is 12.2. The molecular formula is C12H17NO2S. The fraction of sp³-hybridized carbons (Fsp3) is 0.417. The molecule has 0 heterocycles. The van der Waals surface area contributed by atoms with Crippen LogP contribution in [0.4, 0.5) is 0 Å². The summed E-state index contributed by atoms with van der Waals surface area (Å²) in [6.45, 7) is 2.16. The number of thioether (sulfide) groups is 1. The van der Waals surface area contributed by atoms with Crippen LogP contribution in [-0.4, -0.2) is 29.9 Å². The Bertz CT molecular complexity index is 355. The van der Waals surface area contributed by atoms with Crippen LogP contribution in [0.3, 0.4) is 0 Å². The largest absolute Gasteiger partial charge is 0.395 e. The van der Waals surface area contributed by atoms with E-state index >= 15 is 0 Å². The molecule has 1 aromatic carbocycles. The molecule has 1 unspecified atom stereocenters. The molecule has 88 valence electrons. The van der Waals surface area contributed by atoms with E-state index in [1.165, 1.54) is 0 Å². The zero-order chi connectivity index (χ0) is 12.0. The van der Waals surface area contributed by atoms with Gasteiger partial charge in [0.05, 0.1) is 6.61 Å². The van der Waals surface area contributed by atoms with Gasteiger partial charge in [0.25, 0.3) is 5.91 Å². The second kappa shape index (κ2) is 6.55. The van der Waals surface area contributed by atoms with Gasteiger partial charge >= 0.3 is 0 Å². The number of carbonyl (C=O) groups excluding carboxylic acids is 1. The summed E-state index contributed by atoms with van der Waals surface area (Å²) in [4.78, 5) is 11.4. The van der Waals surface area contributed by atoms with Gasteiger partial charge in [0, 0.05) is 23.6 Å². The third-order valence-corrected chi connectivity index (χ3v) is 3.43. The van der Waals surface area contributed by atoms with Gasteiger partial charge in [-0.3, -0.25) is 4.79 Å². The lowest BCUT2D eigenvalue weighted by Crippen LogP contribution is -2.17. The molecule has 1 rings (SSSR count). The summed E-state index contributed by atoms with van der Waals surface area (Å²) in [7, 11) is 1.62. The summed E-state index contributed by atoms with van der Waals surface area (Å²) in [6, 6.07) is 7.55. The van der Waals surface area contributed by atoms with Crippen LogP contribution in [-0.2, 0) is 5.75 Å². The van der Waals surface area contributed by atoms with Crippen molar-refractivity contribution in [3.63, 3.8) is 0 Å². The van der Waals surface area contributed by atoms with Crippen LogP contribution in [0.5, 0.6) is 0 Å². The van der Waals surface area contributed by atoms with Crippen LogP contribution in [0, 0.1) is 0 Å². The number of aliphatic hydroxyl groups is 1. The van der Waals surface area contributed by atoms with E-state index in [0.29, 0.717) is 5.56 Å². The van der Waals surface area contributed by atoms with Gasteiger partial charge in [0.1, 0.15) is 0 Å². The molecule has 1 amide bonds. The van der Waals surface area contributed by atoms with Gasteiger partial charge in [0.15, 0.2) is 0 Å². The first-order valence-electron chi connectivity index (χ1n) is 5.21. The number of amides is 1. The highest BCUT2D eigenvalue weighted by Gasteiger charge is 2.05. The predicted octanol–water partition coefficient (Wildman–Crippen LogP) is 1.66. The third kappa shape index (κ3) is 3.87. The molecule has 0 aliphatic heterocycles. The highest BCUT2D eigenvalue weighted by atomic mass is 32.2. The first-order chi connectivity index (χ1) is 7.67. The Morgan fingerprint density at radius 2 is 2.31 bits per heavy atom. The maximum Gasteiger partial charge on any atom is 0.251 e. The van der Waals surface area contributed by atoms with Crippen molar-refractivity contribution < 1.29 is 9.90 Å². The molecule has 0 aliphatic carbocycles. The maximum absolute atomic E-state index is 11.4. The van der Waals surface area contributed by atoms with Gasteiger partial charge in [-0.15, -0.1) is 0 Å². The SMILES string of the molecule is CNC(=O)c1cccc(CSC(C)CO)c1. The van der Waals surface area contributed by atoms with Gasteiger partial charge in [-0.1, -0.05) is 19.1 Å². The molecule has 0 bridgehead atoms. The Hall–Kier alpha value is -1.00. The highest BCUT2D eigenvalue weighted by Crippen LogP contribution is 2.18. The summed E-state index contributed by atoms with van der Waals surface area (Å²) >= 11 is 1.68.